The molecule has 0 radical (unpaired) electrons. The zero-order chi connectivity index (χ0) is 14.4. The number of hydrogen-bond donors (Lipinski definition) is 1. The van der Waals surface area contributed by atoms with E-state index in [-0.39, 0.29) is 11.6 Å². The fourth-order valence-corrected chi connectivity index (χ4v) is 5.29. The molecule has 4 heterocycles. The highest BCUT2D eigenvalue weighted by molar-refractivity contribution is 9.11. The monoisotopic (exact) mass is 368 g/mol. The number of piperidine rings is 1. The summed E-state index contributed by atoms with van der Waals surface area (Å²) in [7, 11) is 1.90. The molecule has 21 heavy (non-hydrogen) atoms. The maximum Gasteiger partial charge on any atom is 0.106 e. The molecule has 0 saturated carbocycles. The van der Waals surface area contributed by atoms with E-state index in [9.17, 15) is 0 Å². The van der Waals surface area contributed by atoms with E-state index >= 15 is 0 Å². The average molecular weight is 369 g/mol. The first-order valence-corrected chi connectivity index (χ1v) is 8.79. The van der Waals surface area contributed by atoms with Crippen LogP contribution in [0.4, 0.5) is 0 Å². The molecule has 2 atom stereocenters. The Morgan fingerprint density at radius 1 is 1.57 bits per heavy atom. The van der Waals surface area contributed by atoms with Crippen LogP contribution in [0, 0.1) is 0 Å². The van der Waals surface area contributed by atoms with Gasteiger partial charge in [0.1, 0.15) is 5.60 Å². The molecule has 4 rings (SSSR count). The van der Waals surface area contributed by atoms with Gasteiger partial charge in [-0.15, -0.1) is 16.4 Å². The fraction of sp³-hybridized carbons (Fsp3) is 0.571. The van der Waals surface area contributed by atoms with Crippen LogP contribution >= 0.6 is 27.3 Å². The third-order valence-corrected chi connectivity index (χ3v) is 6.24. The Morgan fingerprint density at radius 2 is 2.48 bits per heavy atom. The highest BCUT2D eigenvalue weighted by Gasteiger charge is 2.44. The summed E-state index contributed by atoms with van der Waals surface area (Å²) >= 11 is 5.45. The minimum atomic E-state index is -0.155. The molecule has 2 aromatic heterocycles. The number of thiophene rings is 1. The van der Waals surface area contributed by atoms with Gasteiger partial charge < -0.3 is 10.1 Å². The standard InChI is InChI=1S/C14H17BrN4OS/c1-19-8-11(17-18-19)10-7-14(3-4-16-10)13-9(2-5-20-14)6-12(15)21-13/h6,8,10,16H,2-5,7H2,1H3/t10-,14-/m0/s1. The molecular weight excluding hydrogens is 352 g/mol. The van der Waals surface area contributed by atoms with E-state index in [0.29, 0.717) is 0 Å². The number of rotatable bonds is 1. The largest absolute Gasteiger partial charge is 0.369 e. The summed E-state index contributed by atoms with van der Waals surface area (Å²) in [5, 5.41) is 11.9. The number of fused-ring (bicyclic) bond motifs is 2. The van der Waals surface area contributed by atoms with Crippen LogP contribution in [0.1, 0.15) is 35.0 Å². The summed E-state index contributed by atoms with van der Waals surface area (Å²) in [6.07, 6.45) is 4.95. The van der Waals surface area contributed by atoms with Crippen molar-refractivity contribution in [3.05, 3.63) is 32.2 Å². The molecule has 0 aromatic carbocycles. The van der Waals surface area contributed by atoms with Gasteiger partial charge in [0, 0.05) is 24.5 Å². The molecule has 2 aliphatic rings. The first kappa shape index (κ1) is 13.9. The lowest BCUT2D eigenvalue weighted by Crippen LogP contribution is -2.45. The van der Waals surface area contributed by atoms with Crippen molar-refractivity contribution in [2.24, 2.45) is 7.05 Å². The second-order valence-corrected chi connectivity index (χ2v) is 8.21. The van der Waals surface area contributed by atoms with Crippen LogP contribution in [0.2, 0.25) is 0 Å². The third kappa shape index (κ3) is 2.36. The number of aromatic nitrogens is 3. The van der Waals surface area contributed by atoms with Crippen LogP contribution in [-0.2, 0) is 23.8 Å². The minimum absolute atomic E-state index is 0.155. The number of halogens is 1. The van der Waals surface area contributed by atoms with Gasteiger partial charge in [-0.3, -0.25) is 4.68 Å². The van der Waals surface area contributed by atoms with E-state index in [1.54, 1.807) is 4.68 Å². The van der Waals surface area contributed by atoms with Gasteiger partial charge in [-0.05, 0) is 46.9 Å². The van der Waals surface area contributed by atoms with Gasteiger partial charge in [-0.2, -0.15) is 0 Å². The Labute approximate surface area is 135 Å². The number of hydrogen-bond acceptors (Lipinski definition) is 5. The van der Waals surface area contributed by atoms with Gasteiger partial charge in [-0.1, -0.05) is 5.21 Å². The van der Waals surface area contributed by atoms with Crippen LogP contribution in [0.5, 0.6) is 0 Å². The molecule has 1 saturated heterocycles. The lowest BCUT2D eigenvalue weighted by molar-refractivity contribution is -0.0871. The molecule has 0 unspecified atom stereocenters. The first-order chi connectivity index (χ1) is 10.2. The summed E-state index contributed by atoms with van der Waals surface area (Å²) in [4.78, 5) is 1.40. The molecule has 1 fully saturated rings. The van der Waals surface area contributed by atoms with Crippen LogP contribution < -0.4 is 5.32 Å². The van der Waals surface area contributed by atoms with Gasteiger partial charge in [0.25, 0.3) is 0 Å². The molecule has 7 heteroatoms. The number of nitrogens with one attached hydrogen (secondary N) is 1. The van der Waals surface area contributed by atoms with Gasteiger partial charge in [-0.25, -0.2) is 0 Å². The summed E-state index contributed by atoms with van der Waals surface area (Å²) < 4.78 is 9.26. The van der Waals surface area contributed by atoms with E-state index in [1.807, 2.05) is 24.6 Å². The summed E-state index contributed by atoms with van der Waals surface area (Å²) in [6, 6.07) is 2.46. The van der Waals surface area contributed by atoms with Crippen LogP contribution in [0.3, 0.4) is 0 Å². The van der Waals surface area contributed by atoms with Gasteiger partial charge in [0.2, 0.25) is 0 Å². The molecule has 1 spiro atoms. The molecule has 112 valence electrons. The molecule has 0 aliphatic carbocycles. The summed E-state index contributed by atoms with van der Waals surface area (Å²) in [5.41, 5.74) is 2.29. The Balaban J connectivity index is 1.69. The maximum absolute atomic E-state index is 6.30. The Morgan fingerprint density at radius 3 is 3.29 bits per heavy atom. The quantitative estimate of drug-likeness (QED) is 0.840. The van der Waals surface area contributed by atoms with Crippen molar-refractivity contribution in [2.45, 2.75) is 30.9 Å². The van der Waals surface area contributed by atoms with Gasteiger partial charge >= 0.3 is 0 Å². The second kappa shape index (κ2) is 5.15. The third-order valence-electron chi connectivity index (χ3n) is 4.37. The second-order valence-electron chi connectivity index (χ2n) is 5.78. The predicted octanol–water partition coefficient (Wildman–Crippen LogP) is 2.53. The van der Waals surface area contributed by atoms with Crippen LogP contribution in [0.25, 0.3) is 0 Å². The van der Waals surface area contributed by atoms with Crippen LogP contribution in [0.15, 0.2) is 16.0 Å². The molecular formula is C14H17BrN4OS. The van der Waals surface area contributed by atoms with Crippen molar-refractivity contribution in [1.29, 1.82) is 0 Å². The topological polar surface area (TPSA) is 52.0 Å². The zero-order valence-corrected chi connectivity index (χ0v) is 14.2. The highest BCUT2D eigenvalue weighted by atomic mass is 79.9. The normalized spacial score (nSPS) is 28.8. The van der Waals surface area contributed by atoms with E-state index in [4.69, 9.17) is 4.74 Å². The van der Waals surface area contributed by atoms with Crippen molar-refractivity contribution >= 4 is 27.3 Å². The van der Waals surface area contributed by atoms with Crippen molar-refractivity contribution in [3.8, 4) is 0 Å². The molecule has 0 amide bonds. The summed E-state index contributed by atoms with van der Waals surface area (Å²) in [6.45, 7) is 1.75. The van der Waals surface area contributed by atoms with Crippen molar-refractivity contribution in [2.75, 3.05) is 13.2 Å². The van der Waals surface area contributed by atoms with Crippen molar-refractivity contribution < 1.29 is 4.74 Å². The van der Waals surface area contributed by atoms with Gasteiger partial charge in [0.05, 0.1) is 22.1 Å². The molecule has 2 aromatic rings. The van der Waals surface area contributed by atoms with Gasteiger partial charge in [0.15, 0.2) is 0 Å². The fourth-order valence-electron chi connectivity index (χ4n) is 3.41. The van der Waals surface area contributed by atoms with E-state index in [0.717, 1.165) is 38.1 Å². The molecule has 5 nitrogen and oxygen atoms in total. The number of aryl methyl sites for hydroxylation is 1. The smallest absolute Gasteiger partial charge is 0.106 e. The van der Waals surface area contributed by atoms with E-state index < -0.39 is 0 Å². The van der Waals surface area contributed by atoms with Crippen molar-refractivity contribution in [1.82, 2.24) is 20.3 Å². The Hall–Kier alpha value is -0.760. The Bertz CT molecular complexity index is 670. The molecule has 2 aliphatic heterocycles. The van der Waals surface area contributed by atoms with Crippen LogP contribution in [-0.4, -0.2) is 28.1 Å². The molecule has 1 N–H and O–H groups in total. The lowest BCUT2D eigenvalue weighted by atomic mass is 9.82. The predicted molar refractivity (Wildman–Crippen MR) is 84.3 cm³/mol. The summed E-state index contributed by atoms with van der Waals surface area (Å²) in [5.74, 6) is 0. The highest BCUT2D eigenvalue weighted by Crippen LogP contribution is 2.48. The molecule has 0 bridgehead atoms. The van der Waals surface area contributed by atoms with E-state index in [1.165, 1.54) is 14.2 Å². The lowest BCUT2D eigenvalue weighted by Gasteiger charge is -2.43. The number of ether oxygens (including phenoxy) is 1. The zero-order valence-electron chi connectivity index (χ0n) is 11.8. The Kier molecular flexibility index (Phi) is 3.40. The number of nitrogens with zero attached hydrogens (tertiary/aromatic N) is 3. The minimum Gasteiger partial charge on any atom is -0.369 e. The van der Waals surface area contributed by atoms with E-state index in [2.05, 4.69) is 37.6 Å². The average Bonchev–Trinajstić information content (AvgIpc) is 3.06. The maximum atomic E-state index is 6.30. The first-order valence-electron chi connectivity index (χ1n) is 7.18. The van der Waals surface area contributed by atoms with Crippen molar-refractivity contribution in [3.63, 3.8) is 0 Å². The SMILES string of the molecule is Cn1cc([C@@H]2C[C@]3(CCN2)OCCc2cc(Br)sc23)nn1.